The summed E-state index contributed by atoms with van der Waals surface area (Å²) in [5, 5.41) is 82.1. The molecule has 2 aliphatic rings. The van der Waals surface area contributed by atoms with E-state index >= 15 is 0 Å². The van der Waals surface area contributed by atoms with Crippen molar-refractivity contribution < 1.29 is 59.8 Å². The van der Waals surface area contributed by atoms with Gasteiger partial charge in [0, 0.05) is 0 Å². The fourth-order valence-electron chi connectivity index (χ4n) is 4.32. The Hall–Kier alpha value is -2.10. The van der Waals surface area contributed by atoms with E-state index in [9.17, 15) is 40.9 Å². The molecule has 2 heterocycles. The van der Waals surface area contributed by atoms with Crippen LogP contribution in [-0.4, -0.2) is 114 Å². The van der Waals surface area contributed by atoms with E-state index in [0.717, 1.165) is 5.39 Å². The van der Waals surface area contributed by atoms with Crippen LogP contribution in [0.4, 0.5) is 0 Å². The predicted molar refractivity (Wildman–Crippen MR) is 122 cm³/mol. The monoisotopic (exact) mass is 512 g/mol. The van der Waals surface area contributed by atoms with Crippen molar-refractivity contribution in [1.82, 2.24) is 0 Å². The van der Waals surface area contributed by atoms with Crippen LogP contribution in [0.2, 0.25) is 0 Å². The highest BCUT2D eigenvalue weighted by atomic mass is 16.7. The Balaban J connectivity index is 1.56. The van der Waals surface area contributed by atoms with Gasteiger partial charge in [0.25, 0.3) is 0 Å². The van der Waals surface area contributed by atoms with Gasteiger partial charge in [-0.25, -0.2) is 0 Å². The van der Waals surface area contributed by atoms with Crippen molar-refractivity contribution in [2.24, 2.45) is 0 Å². The molecule has 0 aromatic heterocycles. The number of hydrogen-bond acceptors (Lipinski definition) is 12. The number of aliphatic hydroxyl groups excluding tert-OH is 6. The summed E-state index contributed by atoms with van der Waals surface area (Å²) < 4.78 is 22.5. The molecule has 12 heteroatoms. The van der Waals surface area contributed by atoms with E-state index in [1.54, 1.807) is 36.4 Å². The van der Waals surface area contributed by atoms with Crippen molar-refractivity contribution in [3.05, 3.63) is 36.4 Å². The minimum Gasteiger partial charge on any atom is -0.462 e. The number of fused-ring (bicyclic) bond motifs is 1. The van der Waals surface area contributed by atoms with Gasteiger partial charge in [-0.2, -0.15) is 0 Å². The Morgan fingerprint density at radius 3 is 1.44 bits per heavy atom. The van der Waals surface area contributed by atoms with Crippen LogP contribution in [0.25, 0.3) is 10.8 Å². The van der Waals surface area contributed by atoms with Gasteiger partial charge in [0.2, 0.25) is 12.6 Å². The van der Waals surface area contributed by atoms with Crippen molar-refractivity contribution in [1.29, 1.82) is 0 Å². The molecule has 200 valence electrons. The first-order valence-corrected chi connectivity index (χ1v) is 11.5. The quantitative estimate of drug-likeness (QED) is 0.212. The Kier molecular flexibility index (Phi) is 7.48. The van der Waals surface area contributed by atoms with E-state index in [0.29, 0.717) is 5.39 Å². The second kappa shape index (κ2) is 9.99. The zero-order chi connectivity index (χ0) is 26.4. The highest BCUT2D eigenvalue weighted by Gasteiger charge is 2.54. The summed E-state index contributed by atoms with van der Waals surface area (Å²) in [6.07, 6.45) is -11.4. The molecule has 10 atom stereocenters. The van der Waals surface area contributed by atoms with Crippen LogP contribution < -0.4 is 9.47 Å². The molecule has 0 spiro atoms. The predicted octanol–water partition coefficient (Wildman–Crippen LogP) is -2.02. The lowest BCUT2D eigenvalue weighted by molar-refractivity contribution is -0.314. The summed E-state index contributed by atoms with van der Waals surface area (Å²) in [6, 6.07) is 9.84. The molecule has 0 amide bonds. The number of aliphatic hydroxyl groups is 8. The number of rotatable bonds is 6. The highest BCUT2D eigenvalue weighted by Crippen LogP contribution is 2.35. The van der Waals surface area contributed by atoms with Gasteiger partial charge >= 0.3 is 0 Å². The van der Waals surface area contributed by atoms with E-state index in [2.05, 4.69) is 0 Å². The minimum atomic E-state index is -1.98. The number of ether oxygens (including phenoxy) is 4. The van der Waals surface area contributed by atoms with Crippen LogP contribution in [0.1, 0.15) is 13.8 Å². The van der Waals surface area contributed by atoms with E-state index in [4.69, 9.17) is 18.9 Å². The van der Waals surface area contributed by atoms with E-state index < -0.39 is 73.6 Å². The molecule has 4 rings (SSSR count). The molecular formula is C24H32O12. The molecule has 0 unspecified atom stereocenters. The average molecular weight is 513 g/mol. The smallest absolute Gasteiger partial charge is 0.231 e. The van der Waals surface area contributed by atoms with Crippen LogP contribution in [0, 0.1) is 0 Å². The maximum absolute atomic E-state index is 10.7. The van der Waals surface area contributed by atoms with E-state index in [1.165, 1.54) is 13.8 Å². The molecule has 36 heavy (non-hydrogen) atoms. The first-order chi connectivity index (χ1) is 16.9. The molecule has 2 fully saturated rings. The van der Waals surface area contributed by atoms with Crippen molar-refractivity contribution in [2.75, 3.05) is 13.2 Å². The van der Waals surface area contributed by atoms with Gasteiger partial charge in [-0.05, 0) is 48.9 Å². The molecule has 2 aromatic carbocycles. The van der Waals surface area contributed by atoms with Gasteiger partial charge in [0.15, 0.2) is 11.2 Å². The first-order valence-electron chi connectivity index (χ1n) is 11.5. The zero-order valence-corrected chi connectivity index (χ0v) is 19.7. The minimum absolute atomic E-state index is 0.241. The van der Waals surface area contributed by atoms with E-state index in [1.807, 2.05) is 0 Å². The van der Waals surface area contributed by atoms with Crippen molar-refractivity contribution in [2.45, 2.75) is 74.3 Å². The van der Waals surface area contributed by atoms with Crippen LogP contribution in [0.3, 0.4) is 0 Å². The topological polar surface area (TPSA) is 199 Å². The Bertz CT molecular complexity index is 980. The van der Waals surface area contributed by atoms with Gasteiger partial charge in [-0.15, -0.1) is 0 Å². The van der Waals surface area contributed by atoms with Gasteiger partial charge in [0.1, 0.15) is 48.1 Å². The molecule has 0 aliphatic carbocycles. The summed E-state index contributed by atoms with van der Waals surface area (Å²) in [6.45, 7) is 1.30. The summed E-state index contributed by atoms with van der Waals surface area (Å²) in [5.74, 6) is 0.481. The van der Waals surface area contributed by atoms with Crippen LogP contribution in [0.5, 0.6) is 11.5 Å². The van der Waals surface area contributed by atoms with Gasteiger partial charge < -0.3 is 59.8 Å². The Morgan fingerprint density at radius 1 is 0.694 bits per heavy atom. The zero-order valence-electron chi connectivity index (χ0n) is 19.7. The molecule has 0 saturated carbocycles. The van der Waals surface area contributed by atoms with Crippen LogP contribution >= 0.6 is 0 Å². The molecule has 8 N–H and O–H groups in total. The summed E-state index contributed by atoms with van der Waals surface area (Å²) in [7, 11) is 0. The van der Waals surface area contributed by atoms with Gasteiger partial charge in [-0.3, -0.25) is 0 Å². The molecule has 2 aromatic rings. The fraction of sp³-hybridized carbons (Fsp3) is 0.583. The standard InChI is InChI=1S/C24H32O12/c1-23(31)19(29)17(27)15(9-25)35-21(23)33-13-5-3-11-4-6-14(8-12(11)7-13)34-22-24(2,32)20(30)18(28)16(10-26)36-22/h3-8,15-22,25-32H,9-10H2,1-2H3/t15-,16-,17-,18-,19+,20+,21+,22+,23-,24+/m1/s1. The largest absolute Gasteiger partial charge is 0.462 e. The second-order valence-corrected chi connectivity index (χ2v) is 9.61. The first kappa shape index (κ1) is 26.9. The maximum Gasteiger partial charge on any atom is 0.231 e. The summed E-state index contributed by atoms with van der Waals surface area (Å²) in [5.41, 5.74) is -3.97. The van der Waals surface area contributed by atoms with Crippen LogP contribution in [0.15, 0.2) is 36.4 Å². The lowest BCUT2D eigenvalue weighted by Gasteiger charge is -2.45. The molecular weight excluding hydrogens is 480 g/mol. The van der Waals surface area contributed by atoms with Crippen LogP contribution in [-0.2, 0) is 9.47 Å². The van der Waals surface area contributed by atoms with Crippen molar-refractivity contribution >= 4 is 10.8 Å². The molecule has 0 bridgehead atoms. The lowest BCUT2D eigenvalue weighted by Crippen LogP contribution is -2.66. The fourth-order valence-corrected chi connectivity index (χ4v) is 4.32. The molecule has 2 aliphatic heterocycles. The summed E-state index contributed by atoms with van der Waals surface area (Å²) >= 11 is 0. The van der Waals surface area contributed by atoms with Crippen molar-refractivity contribution in [3.63, 3.8) is 0 Å². The highest BCUT2D eigenvalue weighted by molar-refractivity contribution is 5.85. The summed E-state index contributed by atoms with van der Waals surface area (Å²) in [4.78, 5) is 0. The van der Waals surface area contributed by atoms with E-state index in [-0.39, 0.29) is 11.5 Å². The number of benzene rings is 2. The Labute approximate surface area is 206 Å². The second-order valence-electron chi connectivity index (χ2n) is 9.61. The van der Waals surface area contributed by atoms with Gasteiger partial charge in [0.05, 0.1) is 13.2 Å². The molecule has 12 nitrogen and oxygen atoms in total. The third kappa shape index (κ3) is 4.77. The Morgan fingerprint density at radius 2 is 1.08 bits per heavy atom. The lowest BCUT2D eigenvalue weighted by atomic mass is 9.88. The third-order valence-corrected chi connectivity index (χ3v) is 6.79. The number of hydrogen-bond donors (Lipinski definition) is 8. The normalized spacial score (nSPS) is 41.3. The van der Waals surface area contributed by atoms with Crippen molar-refractivity contribution in [3.8, 4) is 11.5 Å². The average Bonchev–Trinajstić information content (AvgIpc) is 2.85. The molecule has 0 radical (unpaired) electrons. The maximum atomic E-state index is 10.7. The SMILES string of the molecule is C[C@]1(O)[C@@H](Oc2ccc3ccc(O[C@H]4O[C@H](CO)[C@@H](O)[C@H](O)[C@]4(C)O)cc3c2)O[C@H](CO)[C@@H](O)[C@@H]1O. The third-order valence-electron chi connectivity index (χ3n) is 6.79. The molecule has 2 saturated heterocycles. The van der Waals surface area contributed by atoms with Gasteiger partial charge in [-0.1, -0.05) is 12.1 Å².